The molecule has 122 valence electrons. The zero-order valence-electron chi connectivity index (χ0n) is 13.7. The summed E-state index contributed by atoms with van der Waals surface area (Å²) in [6.07, 6.45) is 7.62. The molecule has 1 aliphatic heterocycles. The molecule has 0 spiro atoms. The van der Waals surface area contributed by atoms with Crippen LogP contribution in [-0.2, 0) is 0 Å². The number of benzene rings is 1. The Morgan fingerprint density at radius 1 is 1.39 bits per heavy atom. The highest BCUT2D eigenvalue weighted by atomic mass is 16.5. The largest absolute Gasteiger partial charge is 0.497 e. The molecule has 0 amide bonds. The van der Waals surface area contributed by atoms with E-state index in [4.69, 9.17) is 4.74 Å². The lowest BCUT2D eigenvalue weighted by atomic mass is 9.86. The molecule has 1 aromatic heterocycles. The molecule has 2 heterocycles. The normalized spacial score (nSPS) is 23.3. The van der Waals surface area contributed by atoms with Crippen molar-refractivity contribution < 1.29 is 9.84 Å². The number of allylic oxidation sites excluding steroid dienone is 2. The van der Waals surface area contributed by atoms with E-state index in [1.807, 2.05) is 24.3 Å². The molecule has 2 N–H and O–H groups in total. The first-order valence-electron chi connectivity index (χ1n) is 8.20. The van der Waals surface area contributed by atoms with E-state index >= 15 is 0 Å². The van der Waals surface area contributed by atoms with E-state index in [2.05, 4.69) is 29.4 Å². The maximum Gasteiger partial charge on any atom is 0.119 e. The van der Waals surface area contributed by atoms with Gasteiger partial charge in [0.25, 0.3) is 0 Å². The van der Waals surface area contributed by atoms with Crippen molar-refractivity contribution >= 4 is 10.9 Å². The number of rotatable bonds is 4. The third-order valence-electron chi connectivity index (χ3n) is 4.63. The fourth-order valence-corrected chi connectivity index (χ4v) is 3.42. The van der Waals surface area contributed by atoms with Crippen molar-refractivity contribution in [1.82, 2.24) is 10.3 Å². The van der Waals surface area contributed by atoms with Crippen LogP contribution in [0.25, 0.3) is 10.9 Å². The van der Waals surface area contributed by atoms with Gasteiger partial charge in [-0.05, 0) is 62.1 Å². The van der Waals surface area contributed by atoms with E-state index in [0.29, 0.717) is 5.92 Å². The number of hydrogen-bond donors (Lipinski definition) is 2. The fourth-order valence-electron chi connectivity index (χ4n) is 3.42. The van der Waals surface area contributed by atoms with Gasteiger partial charge < -0.3 is 15.2 Å². The van der Waals surface area contributed by atoms with Gasteiger partial charge in [-0.3, -0.25) is 4.98 Å². The molecule has 4 heteroatoms. The van der Waals surface area contributed by atoms with Crippen molar-refractivity contribution in [2.45, 2.75) is 31.9 Å². The van der Waals surface area contributed by atoms with Crippen molar-refractivity contribution in [3.05, 3.63) is 48.2 Å². The van der Waals surface area contributed by atoms with E-state index < -0.39 is 6.10 Å². The highest BCUT2D eigenvalue weighted by molar-refractivity contribution is 5.83. The first-order chi connectivity index (χ1) is 11.2. The van der Waals surface area contributed by atoms with Crippen LogP contribution >= 0.6 is 0 Å². The van der Waals surface area contributed by atoms with Crippen LogP contribution in [0.5, 0.6) is 5.75 Å². The summed E-state index contributed by atoms with van der Waals surface area (Å²) in [5.41, 5.74) is 1.79. The maximum absolute atomic E-state index is 10.9. The Kier molecular flexibility index (Phi) is 4.94. The van der Waals surface area contributed by atoms with Gasteiger partial charge >= 0.3 is 0 Å². The van der Waals surface area contributed by atoms with Gasteiger partial charge in [-0.2, -0.15) is 0 Å². The van der Waals surface area contributed by atoms with Crippen LogP contribution in [0.3, 0.4) is 0 Å². The summed E-state index contributed by atoms with van der Waals surface area (Å²) in [5.74, 6) is 1.31. The lowest BCUT2D eigenvalue weighted by Gasteiger charge is -2.32. The Bertz CT molecular complexity index is 699. The van der Waals surface area contributed by atoms with Crippen molar-refractivity contribution in [1.29, 1.82) is 0 Å². The van der Waals surface area contributed by atoms with E-state index in [-0.39, 0.29) is 6.04 Å². The van der Waals surface area contributed by atoms with Gasteiger partial charge in [-0.1, -0.05) is 12.2 Å². The lowest BCUT2D eigenvalue weighted by Crippen LogP contribution is -2.41. The van der Waals surface area contributed by atoms with Crippen molar-refractivity contribution in [3.63, 3.8) is 0 Å². The summed E-state index contributed by atoms with van der Waals surface area (Å²) in [6.45, 7) is 2.99. The summed E-state index contributed by atoms with van der Waals surface area (Å²) in [6, 6.07) is 7.75. The molecule has 0 saturated carbocycles. The molecule has 3 rings (SSSR count). The number of ether oxygens (including phenoxy) is 1. The average Bonchev–Trinajstić information content (AvgIpc) is 2.60. The molecule has 4 nitrogen and oxygen atoms in total. The third-order valence-corrected chi connectivity index (χ3v) is 4.63. The molecule has 1 aromatic carbocycles. The van der Waals surface area contributed by atoms with Gasteiger partial charge in [-0.25, -0.2) is 0 Å². The smallest absolute Gasteiger partial charge is 0.119 e. The predicted octanol–water partition coefficient (Wildman–Crippen LogP) is 3.22. The zero-order chi connectivity index (χ0) is 16.2. The van der Waals surface area contributed by atoms with Gasteiger partial charge in [0.15, 0.2) is 0 Å². The molecule has 3 atom stereocenters. The Hall–Kier alpha value is -1.91. The number of aliphatic hydroxyl groups excluding tert-OH is 1. The SMILES string of the molecule is C/C=C/C1CCNC(C(O)c2ccnc3ccc(OC)cc23)C1. The molecule has 0 bridgehead atoms. The first kappa shape index (κ1) is 16.0. The molecular weight excluding hydrogens is 288 g/mol. The second kappa shape index (κ2) is 7.11. The van der Waals surface area contributed by atoms with Gasteiger partial charge in [0.2, 0.25) is 0 Å². The van der Waals surface area contributed by atoms with Crippen molar-refractivity contribution in [3.8, 4) is 5.75 Å². The molecule has 1 aliphatic rings. The van der Waals surface area contributed by atoms with Crippen LogP contribution in [-0.4, -0.2) is 29.8 Å². The second-order valence-corrected chi connectivity index (χ2v) is 6.10. The molecular formula is C19H24N2O2. The molecule has 23 heavy (non-hydrogen) atoms. The highest BCUT2D eigenvalue weighted by Gasteiger charge is 2.27. The summed E-state index contributed by atoms with van der Waals surface area (Å²) >= 11 is 0. The minimum atomic E-state index is -0.555. The van der Waals surface area contributed by atoms with Gasteiger partial charge in [0, 0.05) is 17.6 Å². The first-order valence-corrected chi connectivity index (χ1v) is 8.20. The third kappa shape index (κ3) is 3.38. The average molecular weight is 312 g/mol. The standard InChI is InChI=1S/C19H24N2O2/c1-3-4-13-7-9-21-18(11-13)19(22)15-8-10-20-17-6-5-14(23-2)12-16(15)17/h3-6,8,10,12-13,18-19,21-22H,7,9,11H2,1-2H3/b4-3+. The number of hydrogen-bond acceptors (Lipinski definition) is 4. The highest BCUT2D eigenvalue weighted by Crippen LogP contribution is 2.32. The number of nitrogens with one attached hydrogen (secondary N) is 1. The minimum absolute atomic E-state index is 0.0572. The van der Waals surface area contributed by atoms with Crippen LogP contribution in [0.1, 0.15) is 31.4 Å². The van der Waals surface area contributed by atoms with E-state index in [1.165, 1.54) is 0 Å². The number of fused-ring (bicyclic) bond motifs is 1. The topological polar surface area (TPSA) is 54.4 Å². The molecule has 0 radical (unpaired) electrons. The van der Waals surface area contributed by atoms with Gasteiger partial charge in [0.05, 0.1) is 18.7 Å². The van der Waals surface area contributed by atoms with E-state index in [0.717, 1.165) is 41.6 Å². The Morgan fingerprint density at radius 2 is 2.26 bits per heavy atom. The predicted molar refractivity (Wildman–Crippen MR) is 92.6 cm³/mol. The van der Waals surface area contributed by atoms with Crippen LogP contribution in [0, 0.1) is 5.92 Å². The summed E-state index contributed by atoms with van der Waals surface area (Å²) in [5, 5.41) is 15.4. The molecule has 0 aliphatic carbocycles. The lowest BCUT2D eigenvalue weighted by molar-refractivity contribution is 0.106. The maximum atomic E-state index is 10.9. The van der Waals surface area contributed by atoms with Gasteiger partial charge in [0.1, 0.15) is 5.75 Å². The van der Waals surface area contributed by atoms with Crippen LogP contribution in [0.2, 0.25) is 0 Å². The summed E-state index contributed by atoms with van der Waals surface area (Å²) in [4.78, 5) is 4.39. The fraction of sp³-hybridized carbons (Fsp3) is 0.421. The Balaban J connectivity index is 1.92. The Morgan fingerprint density at radius 3 is 3.04 bits per heavy atom. The zero-order valence-corrected chi connectivity index (χ0v) is 13.7. The monoisotopic (exact) mass is 312 g/mol. The molecule has 1 fully saturated rings. The van der Waals surface area contributed by atoms with Crippen LogP contribution in [0.15, 0.2) is 42.6 Å². The van der Waals surface area contributed by atoms with Crippen molar-refractivity contribution in [2.75, 3.05) is 13.7 Å². The molecule has 1 saturated heterocycles. The van der Waals surface area contributed by atoms with Crippen LogP contribution in [0.4, 0.5) is 0 Å². The number of pyridine rings is 1. The Labute approximate surface area is 137 Å². The molecule has 3 unspecified atom stereocenters. The number of aromatic nitrogens is 1. The number of methoxy groups -OCH3 is 1. The number of nitrogens with zero attached hydrogens (tertiary/aromatic N) is 1. The van der Waals surface area contributed by atoms with E-state index in [1.54, 1.807) is 13.3 Å². The van der Waals surface area contributed by atoms with E-state index in [9.17, 15) is 5.11 Å². The molecule has 2 aromatic rings. The van der Waals surface area contributed by atoms with Crippen molar-refractivity contribution in [2.24, 2.45) is 5.92 Å². The minimum Gasteiger partial charge on any atom is -0.497 e. The van der Waals surface area contributed by atoms with Gasteiger partial charge in [-0.15, -0.1) is 0 Å². The second-order valence-electron chi connectivity index (χ2n) is 6.10. The number of piperidine rings is 1. The number of aliphatic hydroxyl groups is 1. The summed E-state index contributed by atoms with van der Waals surface area (Å²) in [7, 11) is 1.65. The quantitative estimate of drug-likeness (QED) is 0.851. The van der Waals surface area contributed by atoms with Crippen LogP contribution < -0.4 is 10.1 Å². The summed E-state index contributed by atoms with van der Waals surface area (Å²) < 4.78 is 5.32.